The Morgan fingerprint density at radius 3 is 2.90 bits per heavy atom. The van der Waals surface area contributed by atoms with Crippen LogP contribution in [-0.2, 0) is 9.53 Å². The van der Waals surface area contributed by atoms with E-state index in [0.29, 0.717) is 13.2 Å². The summed E-state index contributed by atoms with van der Waals surface area (Å²) in [6.07, 6.45) is -0.0991. The van der Waals surface area contributed by atoms with E-state index >= 15 is 0 Å². The van der Waals surface area contributed by atoms with Gasteiger partial charge >= 0.3 is 6.01 Å². The second-order valence-electron chi connectivity index (χ2n) is 4.54. The van der Waals surface area contributed by atoms with E-state index < -0.39 is 11.9 Å². The Morgan fingerprint density at radius 1 is 1.50 bits per heavy atom. The molecule has 1 fully saturated rings. The molecule has 0 spiro atoms. The minimum atomic E-state index is -0.630. The van der Waals surface area contributed by atoms with Crippen molar-refractivity contribution in [2.75, 3.05) is 24.7 Å². The van der Waals surface area contributed by atoms with Crippen LogP contribution in [0.5, 0.6) is 6.01 Å². The molecule has 1 aromatic rings. The number of morpholine rings is 1. The van der Waals surface area contributed by atoms with Crippen LogP contribution in [0.2, 0.25) is 5.28 Å². The van der Waals surface area contributed by atoms with E-state index in [-0.39, 0.29) is 30.0 Å². The Morgan fingerprint density at radius 2 is 2.25 bits per heavy atom. The topological polar surface area (TPSA) is 103 Å². The Labute approximate surface area is 121 Å². The molecule has 0 saturated carbocycles. The van der Waals surface area contributed by atoms with Crippen LogP contribution < -0.4 is 15.4 Å². The third-order valence-corrected chi connectivity index (χ3v) is 2.80. The maximum atomic E-state index is 11.5. The van der Waals surface area contributed by atoms with Crippen molar-refractivity contribution in [3.63, 3.8) is 0 Å². The van der Waals surface area contributed by atoms with Crippen molar-refractivity contribution in [1.29, 1.82) is 0 Å². The fraction of sp³-hybridized carbons (Fsp3) is 0.636. The average molecular weight is 302 g/mol. The molecule has 1 aliphatic heterocycles. The van der Waals surface area contributed by atoms with Crippen LogP contribution in [0.1, 0.15) is 13.8 Å². The number of halogens is 1. The molecule has 20 heavy (non-hydrogen) atoms. The lowest BCUT2D eigenvalue weighted by atomic mass is 10.2. The van der Waals surface area contributed by atoms with Crippen LogP contribution in [0.4, 0.5) is 5.95 Å². The van der Waals surface area contributed by atoms with Crippen molar-refractivity contribution < 1.29 is 14.3 Å². The van der Waals surface area contributed by atoms with Crippen molar-refractivity contribution >= 4 is 23.5 Å². The highest BCUT2D eigenvalue weighted by molar-refractivity contribution is 6.28. The first-order valence-corrected chi connectivity index (χ1v) is 6.57. The predicted molar refractivity (Wildman–Crippen MR) is 71.7 cm³/mol. The minimum absolute atomic E-state index is 0.000335. The average Bonchev–Trinajstić information content (AvgIpc) is 2.37. The van der Waals surface area contributed by atoms with Gasteiger partial charge in [0.2, 0.25) is 17.1 Å². The number of nitrogens with zero attached hydrogens (tertiary/aromatic N) is 4. The SMILES string of the molecule is CC(C)Oc1nc(Cl)nc(N2CCOCC2C(N)=O)n1. The van der Waals surface area contributed by atoms with E-state index in [0.717, 1.165) is 0 Å². The Balaban J connectivity index is 2.30. The molecule has 9 heteroatoms. The fourth-order valence-electron chi connectivity index (χ4n) is 1.79. The van der Waals surface area contributed by atoms with Crippen LogP contribution >= 0.6 is 11.6 Å². The summed E-state index contributed by atoms with van der Waals surface area (Å²) < 4.78 is 10.6. The number of rotatable bonds is 4. The van der Waals surface area contributed by atoms with Gasteiger partial charge in [-0.25, -0.2) is 0 Å². The molecule has 8 nitrogen and oxygen atoms in total. The number of aromatic nitrogens is 3. The summed E-state index contributed by atoms with van der Waals surface area (Å²) in [7, 11) is 0. The number of nitrogens with two attached hydrogens (primary N) is 1. The molecule has 0 bridgehead atoms. The van der Waals surface area contributed by atoms with Gasteiger partial charge in [-0.2, -0.15) is 15.0 Å². The van der Waals surface area contributed by atoms with Crippen molar-refractivity contribution in [3.8, 4) is 6.01 Å². The third-order valence-electron chi connectivity index (χ3n) is 2.63. The molecule has 2 rings (SSSR count). The van der Waals surface area contributed by atoms with Gasteiger partial charge in [0.05, 0.1) is 19.3 Å². The van der Waals surface area contributed by atoms with Gasteiger partial charge in [0.15, 0.2) is 0 Å². The van der Waals surface area contributed by atoms with Crippen molar-refractivity contribution in [2.24, 2.45) is 5.73 Å². The lowest BCUT2D eigenvalue weighted by molar-refractivity contribution is -0.121. The highest BCUT2D eigenvalue weighted by Crippen LogP contribution is 2.19. The normalized spacial score (nSPS) is 19.2. The molecule has 1 amide bonds. The number of primary amides is 1. The summed E-state index contributed by atoms with van der Waals surface area (Å²) in [6.45, 7) is 4.78. The molecule has 2 N–H and O–H groups in total. The van der Waals surface area contributed by atoms with Crippen LogP contribution in [0.15, 0.2) is 0 Å². The van der Waals surface area contributed by atoms with Crippen molar-refractivity contribution in [1.82, 2.24) is 15.0 Å². The Hall–Kier alpha value is -1.67. The Bertz CT molecular complexity index is 499. The maximum absolute atomic E-state index is 11.5. The van der Waals surface area contributed by atoms with E-state index in [1.165, 1.54) is 0 Å². The Kier molecular flexibility index (Phi) is 4.56. The predicted octanol–water partition coefficient (Wildman–Crippen LogP) is 0.00270. The first-order chi connectivity index (χ1) is 9.47. The molecule has 1 aromatic heterocycles. The maximum Gasteiger partial charge on any atom is 0.322 e. The lowest BCUT2D eigenvalue weighted by Crippen LogP contribution is -2.53. The molecular formula is C11H16ClN5O3. The van der Waals surface area contributed by atoms with Gasteiger partial charge in [-0.1, -0.05) is 0 Å². The van der Waals surface area contributed by atoms with Gasteiger partial charge < -0.3 is 20.1 Å². The van der Waals surface area contributed by atoms with Gasteiger partial charge in [0, 0.05) is 6.54 Å². The first-order valence-electron chi connectivity index (χ1n) is 6.19. The van der Waals surface area contributed by atoms with Gasteiger partial charge in [0.25, 0.3) is 0 Å². The monoisotopic (exact) mass is 301 g/mol. The second-order valence-corrected chi connectivity index (χ2v) is 4.88. The summed E-state index contributed by atoms with van der Waals surface area (Å²) in [5.74, 6) is -0.250. The van der Waals surface area contributed by atoms with Gasteiger partial charge in [0.1, 0.15) is 6.04 Å². The lowest BCUT2D eigenvalue weighted by Gasteiger charge is -2.33. The van der Waals surface area contributed by atoms with Crippen LogP contribution in [0.25, 0.3) is 0 Å². The number of ether oxygens (including phenoxy) is 2. The summed E-state index contributed by atoms with van der Waals surface area (Å²) in [5, 5.41) is 0.000335. The smallest absolute Gasteiger partial charge is 0.322 e. The molecular weight excluding hydrogens is 286 g/mol. The number of hydrogen-bond donors (Lipinski definition) is 1. The van der Waals surface area contributed by atoms with Crippen molar-refractivity contribution in [2.45, 2.75) is 26.0 Å². The highest BCUT2D eigenvalue weighted by atomic mass is 35.5. The molecule has 1 atom stereocenters. The minimum Gasteiger partial charge on any atom is -0.461 e. The van der Waals surface area contributed by atoms with Crippen LogP contribution in [0.3, 0.4) is 0 Å². The molecule has 0 aliphatic carbocycles. The van der Waals surface area contributed by atoms with E-state index in [1.807, 2.05) is 13.8 Å². The standard InChI is InChI=1S/C11H16ClN5O3/c1-6(2)20-11-15-9(12)14-10(16-11)17-3-4-19-5-7(17)8(13)18/h6-7H,3-5H2,1-2H3,(H2,13,18). The molecule has 1 unspecified atom stereocenters. The summed E-state index contributed by atoms with van der Waals surface area (Å²) >= 11 is 5.86. The zero-order chi connectivity index (χ0) is 14.7. The molecule has 0 radical (unpaired) electrons. The van der Waals surface area contributed by atoms with Crippen LogP contribution in [-0.4, -0.2) is 52.8 Å². The zero-order valence-corrected chi connectivity index (χ0v) is 12.0. The zero-order valence-electron chi connectivity index (χ0n) is 11.2. The largest absolute Gasteiger partial charge is 0.461 e. The molecule has 2 heterocycles. The van der Waals surface area contributed by atoms with Gasteiger partial charge in [-0.05, 0) is 25.4 Å². The number of carbonyl (C=O) groups is 1. The van der Waals surface area contributed by atoms with Crippen molar-refractivity contribution in [3.05, 3.63) is 5.28 Å². The van der Waals surface area contributed by atoms with E-state index in [9.17, 15) is 4.79 Å². The number of amides is 1. The summed E-state index contributed by atoms with van der Waals surface area (Å²) in [4.78, 5) is 25.2. The third kappa shape index (κ3) is 3.45. The molecule has 0 aromatic carbocycles. The summed E-state index contributed by atoms with van der Waals surface area (Å²) in [6, 6.07) is -0.515. The quantitative estimate of drug-likeness (QED) is 0.835. The highest BCUT2D eigenvalue weighted by Gasteiger charge is 2.30. The number of anilines is 1. The molecule has 1 saturated heterocycles. The van der Waals surface area contributed by atoms with Gasteiger partial charge in [-0.15, -0.1) is 0 Å². The first kappa shape index (κ1) is 14.7. The van der Waals surface area contributed by atoms with Crippen LogP contribution in [0, 0.1) is 0 Å². The van der Waals surface area contributed by atoms with E-state index in [2.05, 4.69) is 15.0 Å². The molecule has 1 aliphatic rings. The summed E-state index contributed by atoms with van der Waals surface area (Å²) in [5.41, 5.74) is 5.36. The number of hydrogen-bond acceptors (Lipinski definition) is 7. The van der Waals surface area contributed by atoms with Gasteiger partial charge in [-0.3, -0.25) is 4.79 Å². The number of carbonyl (C=O) groups excluding carboxylic acids is 1. The fourth-order valence-corrected chi connectivity index (χ4v) is 1.94. The second kappa shape index (κ2) is 6.19. The molecule has 110 valence electrons. The van der Waals surface area contributed by atoms with E-state index in [1.54, 1.807) is 4.90 Å². The van der Waals surface area contributed by atoms with E-state index in [4.69, 9.17) is 26.8 Å².